The van der Waals surface area contributed by atoms with E-state index in [1.54, 1.807) is 0 Å². The Morgan fingerprint density at radius 1 is 0.317 bits per heavy atom. The van der Waals surface area contributed by atoms with Gasteiger partial charge in [-0.2, -0.15) is 0 Å². The lowest BCUT2D eigenvalue weighted by Gasteiger charge is -2.14. The molecule has 0 N–H and O–H groups in total. The minimum atomic E-state index is -4.53. The van der Waals surface area contributed by atoms with E-state index >= 15 is 0 Å². The third kappa shape index (κ3) is 12.8. The average molecular weight is 887 g/mol. The van der Waals surface area contributed by atoms with Crippen LogP contribution in [-0.2, 0) is 20.2 Å². The smallest absolute Gasteiger partial charge is 0.124 e. The second-order valence-corrected chi connectivity index (χ2v) is 16.9. The molecule has 7 aromatic rings. The van der Waals surface area contributed by atoms with E-state index in [1.807, 2.05) is 104 Å². The molecule has 12 nitrogen and oxygen atoms in total. The Morgan fingerprint density at radius 2 is 0.524 bits per heavy atom. The molecule has 0 unspecified atom stereocenters. The molecule has 0 heterocycles. The molecule has 0 fully saturated rings. The molecule has 7 aromatic carbocycles. The van der Waals surface area contributed by atoms with Crippen molar-refractivity contribution < 1.29 is 54.4 Å². The van der Waals surface area contributed by atoms with Crippen molar-refractivity contribution in [3.8, 4) is 67.9 Å². The van der Waals surface area contributed by atoms with E-state index in [9.17, 15) is 25.9 Å². The largest absolute Gasteiger partial charge is 0.744 e. The molecule has 63 heavy (non-hydrogen) atoms. The Balaban J connectivity index is 1.01. The first-order valence-corrected chi connectivity index (χ1v) is 22.6. The molecular weight excluding hydrogens is 845 g/mol. The predicted molar refractivity (Wildman–Crippen MR) is 236 cm³/mol. The van der Waals surface area contributed by atoms with Crippen LogP contribution < -0.4 is 28.4 Å². The van der Waals surface area contributed by atoms with Crippen LogP contribution in [0.5, 0.6) is 34.5 Å². The molecular formula is C49H42O12S2-2. The van der Waals surface area contributed by atoms with Gasteiger partial charge in [-0.3, -0.25) is 0 Å². The van der Waals surface area contributed by atoms with E-state index in [-0.39, 0.29) is 36.2 Å². The predicted octanol–water partition coefficient (Wildman–Crippen LogP) is 9.18. The minimum absolute atomic E-state index is 0.202. The fraction of sp³-hybridized carbons (Fsp3) is 0.143. The molecule has 0 aliphatic rings. The first-order valence-electron chi connectivity index (χ1n) is 19.8. The van der Waals surface area contributed by atoms with Crippen LogP contribution in [0.3, 0.4) is 0 Å². The zero-order valence-electron chi connectivity index (χ0n) is 34.0. The summed E-state index contributed by atoms with van der Waals surface area (Å²) in [7, 11) is -9.06. The number of hydrogen-bond acceptors (Lipinski definition) is 12. The summed E-state index contributed by atoms with van der Waals surface area (Å²) in [5.41, 5.74) is 7.05. The van der Waals surface area contributed by atoms with Gasteiger partial charge in [0, 0.05) is 0 Å². The van der Waals surface area contributed by atoms with Crippen molar-refractivity contribution in [2.24, 2.45) is 0 Å². The van der Waals surface area contributed by atoms with Crippen LogP contribution in [0.1, 0.15) is 5.56 Å². The van der Waals surface area contributed by atoms with Gasteiger partial charge in [-0.15, -0.1) is 0 Å². The third-order valence-electron chi connectivity index (χ3n) is 9.60. The highest BCUT2D eigenvalue weighted by molar-refractivity contribution is 7.86. The Labute approximate surface area is 366 Å². The van der Waals surface area contributed by atoms with Crippen LogP contribution in [0.25, 0.3) is 33.4 Å². The van der Waals surface area contributed by atoms with E-state index < -0.39 is 20.2 Å². The van der Waals surface area contributed by atoms with Gasteiger partial charge in [0.1, 0.15) is 94.4 Å². The van der Waals surface area contributed by atoms with Crippen molar-refractivity contribution in [1.29, 1.82) is 0 Å². The van der Waals surface area contributed by atoms with Crippen LogP contribution in [0, 0.1) is 6.92 Å². The lowest BCUT2D eigenvalue weighted by atomic mass is 9.93. The van der Waals surface area contributed by atoms with E-state index in [2.05, 4.69) is 18.2 Å². The van der Waals surface area contributed by atoms with E-state index in [0.717, 1.165) is 44.9 Å². The summed E-state index contributed by atoms with van der Waals surface area (Å²) < 4.78 is 102. The van der Waals surface area contributed by atoms with Crippen molar-refractivity contribution in [3.63, 3.8) is 0 Å². The topological polar surface area (TPSA) is 170 Å². The maximum Gasteiger partial charge on any atom is 0.124 e. The quantitative estimate of drug-likeness (QED) is 0.0526. The van der Waals surface area contributed by atoms with Gasteiger partial charge in [-0.25, -0.2) is 16.8 Å². The summed E-state index contributed by atoms with van der Waals surface area (Å²) in [5, 5.41) is 0. The highest BCUT2D eigenvalue weighted by atomic mass is 32.2. The second kappa shape index (κ2) is 20.4. The lowest BCUT2D eigenvalue weighted by molar-refractivity contribution is 0.217. The molecule has 7 rings (SSSR count). The van der Waals surface area contributed by atoms with E-state index in [1.165, 1.54) is 54.1 Å². The highest BCUT2D eigenvalue weighted by Gasteiger charge is 2.10. The maximum atomic E-state index is 11.2. The van der Waals surface area contributed by atoms with Gasteiger partial charge in [0.15, 0.2) is 0 Å². The van der Waals surface area contributed by atoms with Crippen LogP contribution >= 0.6 is 0 Å². The fourth-order valence-corrected chi connectivity index (χ4v) is 7.29. The van der Waals surface area contributed by atoms with Crippen molar-refractivity contribution in [1.82, 2.24) is 0 Å². The molecule has 324 valence electrons. The highest BCUT2D eigenvalue weighted by Crippen LogP contribution is 2.35. The van der Waals surface area contributed by atoms with Crippen molar-refractivity contribution in [3.05, 3.63) is 169 Å². The van der Waals surface area contributed by atoms with Crippen molar-refractivity contribution in [2.75, 3.05) is 39.6 Å². The van der Waals surface area contributed by atoms with Crippen molar-refractivity contribution in [2.45, 2.75) is 16.7 Å². The molecule has 0 amide bonds. The normalized spacial score (nSPS) is 11.4. The number of ether oxygens (including phenoxy) is 6. The summed E-state index contributed by atoms with van der Waals surface area (Å²) in [5.74, 6) is 3.63. The average Bonchev–Trinajstić information content (AvgIpc) is 3.29. The van der Waals surface area contributed by atoms with Crippen molar-refractivity contribution >= 4 is 20.2 Å². The Hall–Kier alpha value is -6.84. The molecule has 0 atom stereocenters. The maximum absolute atomic E-state index is 11.2. The Morgan fingerprint density at radius 3 is 0.746 bits per heavy atom. The molecule has 0 spiro atoms. The summed E-state index contributed by atoms with van der Waals surface area (Å²) >= 11 is 0. The van der Waals surface area contributed by atoms with Crippen LogP contribution in [-0.4, -0.2) is 65.6 Å². The van der Waals surface area contributed by atoms with Gasteiger partial charge >= 0.3 is 0 Å². The number of benzene rings is 7. The fourth-order valence-electron chi connectivity index (χ4n) is 6.36. The number of hydrogen-bond donors (Lipinski definition) is 0. The molecule has 0 aromatic heterocycles. The zero-order chi connectivity index (χ0) is 44.2. The van der Waals surface area contributed by atoms with E-state index in [4.69, 9.17) is 28.4 Å². The molecule has 14 heteroatoms. The lowest BCUT2D eigenvalue weighted by Crippen LogP contribution is -2.09. The van der Waals surface area contributed by atoms with Crippen LogP contribution in [0.2, 0.25) is 0 Å². The van der Waals surface area contributed by atoms with Gasteiger partial charge in [-0.1, -0.05) is 54.1 Å². The second-order valence-electron chi connectivity index (χ2n) is 14.1. The number of rotatable bonds is 20. The summed E-state index contributed by atoms with van der Waals surface area (Å²) in [6.07, 6.45) is 0. The van der Waals surface area contributed by atoms with Gasteiger partial charge < -0.3 is 37.5 Å². The summed E-state index contributed by atoms with van der Waals surface area (Å²) in [4.78, 5) is -0.642. The van der Waals surface area contributed by atoms with Crippen LogP contribution in [0.15, 0.2) is 174 Å². The minimum Gasteiger partial charge on any atom is -0.744 e. The SMILES string of the molecule is Cc1ccc(OCCOc2ccc(-c3cc(-c4ccc(OCCOc5ccc(S(=O)(=O)[O-])cc5)cc4)cc(-c4ccc(OCCOc5ccc(S(=O)(=O)[O-])cc5)cc4)c3)cc2)cc1. The summed E-state index contributed by atoms with van der Waals surface area (Å²) in [6.45, 7) is 3.71. The van der Waals surface area contributed by atoms with Crippen LogP contribution in [0.4, 0.5) is 0 Å². The van der Waals surface area contributed by atoms with Gasteiger partial charge in [0.25, 0.3) is 0 Å². The first kappa shape index (κ1) is 44.2. The molecule has 0 bridgehead atoms. The van der Waals surface area contributed by atoms with E-state index in [0.29, 0.717) is 36.2 Å². The third-order valence-corrected chi connectivity index (χ3v) is 11.3. The standard InChI is InChI=1S/C49H44O12S2/c1-35-2-10-42(11-3-35)56-26-27-57-43-12-4-36(5-13-43)39-32-40(37-6-14-44(15-7-37)58-28-30-60-46-18-22-48(23-19-46)62(50,51)52)34-41(33-39)38-8-16-45(17-9-38)59-29-31-61-47-20-24-49(25-21-47)63(53,54)55/h2-25,32-34H,26-31H2,1H3,(H,50,51,52)(H,53,54,55)/p-2. The summed E-state index contributed by atoms with van der Waals surface area (Å²) in [6, 6.07) is 48.2. The molecule has 0 aliphatic heterocycles. The molecule has 0 aliphatic carbocycles. The van der Waals surface area contributed by atoms with Gasteiger partial charge in [-0.05, 0) is 156 Å². The molecule has 0 radical (unpaired) electrons. The van der Waals surface area contributed by atoms with Gasteiger partial charge in [0.2, 0.25) is 0 Å². The number of aryl methyl sites for hydroxylation is 1. The first-order chi connectivity index (χ1) is 30.4. The zero-order valence-corrected chi connectivity index (χ0v) is 35.7. The Bertz CT molecular complexity index is 2650. The Kier molecular flexibility index (Phi) is 14.3. The molecule has 0 saturated heterocycles. The monoisotopic (exact) mass is 886 g/mol. The van der Waals surface area contributed by atoms with Gasteiger partial charge in [0.05, 0.1) is 9.79 Å². The molecule has 0 saturated carbocycles.